The lowest BCUT2D eigenvalue weighted by Gasteiger charge is -2.19. The van der Waals surface area contributed by atoms with Crippen LogP contribution in [-0.2, 0) is 11.2 Å². The number of anilines is 1. The van der Waals surface area contributed by atoms with Crippen LogP contribution < -0.4 is 11.9 Å². The number of ether oxygens (including phenoxy) is 1. The molecule has 0 bridgehead atoms. The maximum Gasteiger partial charge on any atom is 0.0598 e. The minimum Gasteiger partial charge on any atom is -0.399 e. The quantitative estimate of drug-likeness (QED) is 0.775. The Balaban J connectivity index is 0.00000225. The number of rotatable bonds is 3. The summed E-state index contributed by atoms with van der Waals surface area (Å²) >= 11 is 0. The lowest BCUT2D eigenvalue weighted by molar-refractivity contribution is -0.000977. The van der Waals surface area contributed by atoms with E-state index in [1.165, 1.54) is 5.56 Å². The van der Waals surface area contributed by atoms with Gasteiger partial charge in [-0.1, -0.05) is 12.1 Å². The second kappa shape index (κ2) is 5.87. The maximum atomic E-state index is 5.76. The summed E-state index contributed by atoms with van der Waals surface area (Å²) in [6.45, 7) is 9.00. The highest BCUT2D eigenvalue weighted by molar-refractivity contribution is 5.47. The predicted octanol–water partition coefficient (Wildman–Crippen LogP) is 3.10. The molecule has 0 saturated carbocycles. The van der Waals surface area contributed by atoms with E-state index in [1.54, 1.807) is 0 Å². The lowest BCUT2D eigenvalue weighted by atomic mass is 10.1. The highest BCUT2D eigenvalue weighted by atomic mass is 16.5. The fraction of sp³-hybridized carbons (Fsp3) is 0.538. The molecule has 0 amide bonds. The first-order valence-corrected chi connectivity index (χ1v) is 5.37. The Kier molecular flexibility index (Phi) is 5.48. The van der Waals surface area contributed by atoms with E-state index < -0.39 is 0 Å². The first-order valence-electron chi connectivity index (χ1n) is 5.37. The monoisotopic (exact) mass is 224 g/mol. The fourth-order valence-electron chi connectivity index (χ4n) is 1.37. The van der Waals surface area contributed by atoms with Crippen LogP contribution in [0.1, 0.15) is 31.9 Å². The molecule has 0 atom stereocenters. The summed E-state index contributed by atoms with van der Waals surface area (Å²) in [5.41, 5.74) is 8.98. The van der Waals surface area contributed by atoms with Crippen LogP contribution in [0.15, 0.2) is 18.2 Å². The van der Waals surface area contributed by atoms with Gasteiger partial charge in [-0.15, -0.1) is 0 Å². The van der Waals surface area contributed by atoms with Gasteiger partial charge in [0.2, 0.25) is 0 Å². The van der Waals surface area contributed by atoms with Crippen molar-refractivity contribution in [2.45, 2.75) is 39.7 Å². The van der Waals surface area contributed by atoms with E-state index in [0.29, 0.717) is 0 Å². The van der Waals surface area contributed by atoms with E-state index in [4.69, 9.17) is 10.5 Å². The van der Waals surface area contributed by atoms with Crippen molar-refractivity contribution in [3.05, 3.63) is 29.3 Å². The summed E-state index contributed by atoms with van der Waals surface area (Å²) in [6.07, 6.45) is 0.943. The Labute approximate surface area is 98.6 Å². The Hall–Kier alpha value is -1.06. The molecule has 0 heterocycles. The molecule has 5 N–H and O–H groups in total. The number of aryl methyl sites for hydroxylation is 1. The van der Waals surface area contributed by atoms with Gasteiger partial charge in [-0.25, -0.2) is 0 Å². The van der Waals surface area contributed by atoms with Gasteiger partial charge in [0.15, 0.2) is 0 Å². The predicted molar refractivity (Wildman–Crippen MR) is 70.0 cm³/mol. The van der Waals surface area contributed by atoms with Crippen LogP contribution in [0.4, 0.5) is 5.69 Å². The van der Waals surface area contributed by atoms with E-state index in [1.807, 2.05) is 13.0 Å². The molecular formula is C13H24N2O. The molecule has 1 aromatic carbocycles. The Bertz CT molecular complexity index is 329. The zero-order valence-corrected chi connectivity index (χ0v) is 10.8. The van der Waals surface area contributed by atoms with Crippen molar-refractivity contribution in [1.82, 2.24) is 6.15 Å². The number of hydrogen-bond donors (Lipinski definition) is 2. The molecule has 3 nitrogen and oxygen atoms in total. The van der Waals surface area contributed by atoms with E-state index in [9.17, 15) is 0 Å². The summed E-state index contributed by atoms with van der Waals surface area (Å²) in [5.74, 6) is 0. The SMILES string of the molecule is Cc1cc(CCOC(C)(C)C)ccc1N.N. The van der Waals surface area contributed by atoms with Gasteiger partial charge in [0.25, 0.3) is 0 Å². The molecule has 1 rings (SSSR count). The molecular weight excluding hydrogens is 200 g/mol. The Morgan fingerprint density at radius 2 is 1.88 bits per heavy atom. The van der Waals surface area contributed by atoms with Crippen molar-refractivity contribution in [2.24, 2.45) is 0 Å². The average Bonchev–Trinajstić information content (AvgIpc) is 2.09. The molecule has 0 aliphatic rings. The van der Waals surface area contributed by atoms with Gasteiger partial charge in [0.05, 0.1) is 12.2 Å². The molecule has 3 heteroatoms. The van der Waals surface area contributed by atoms with Crippen molar-refractivity contribution >= 4 is 5.69 Å². The first kappa shape index (κ1) is 14.9. The molecule has 0 spiro atoms. The summed E-state index contributed by atoms with van der Waals surface area (Å²) in [6, 6.07) is 6.15. The molecule has 0 aliphatic heterocycles. The van der Waals surface area contributed by atoms with Crippen molar-refractivity contribution in [2.75, 3.05) is 12.3 Å². The van der Waals surface area contributed by atoms with Gasteiger partial charge in [0, 0.05) is 5.69 Å². The largest absolute Gasteiger partial charge is 0.399 e. The standard InChI is InChI=1S/C13H21NO.H3N/c1-10-9-11(5-6-12(10)14)7-8-15-13(2,3)4;/h5-6,9H,7-8,14H2,1-4H3;1H3. The Morgan fingerprint density at radius 1 is 1.25 bits per heavy atom. The van der Waals surface area contributed by atoms with Crippen molar-refractivity contribution in [3.63, 3.8) is 0 Å². The zero-order chi connectivity index (χ0) is 11.5. The van der Waals surface area contributed by atoms with Crippen molar-refractivity contribution < 1.29 is 4.74 Å². The topological polar surface area (TPSA) is 70.2 Å². The highest BCUT2D eigenvalue weighted by Crippen LogP contribution is 2.14. The van der Waals surface area contributed by atoms with Gasteiger partial charge >= 0.3 is 0 Å². The number of nitrogen functional groups attached to an aromatic ring is 1. The van der Waals surface area contributed by atoms with E-state index >= 15 is 0 Å². The molecule has 0 unspecified atom stereocenters. The molecule has 0 saturated heterocycles. The smallest absolute Gasteiger partial charge is 0.0598 e. The fourth-order valence-corrected chi connectivity index (χ4v) is 1.37. The first-order chi connectivity index (χ1) is 6.88. The third-order valence-electron chi connectivity index (χ3n) is 2.26. The van der Waals surface area contributed by atoms with Crippen LogP contribution in [0.5, 0.6) is 0 Å². The number of hydrogen-bond acceptors (Lipinski definition) is 3. The highest BCUT2D eigenvalue weighted by Gasteiger charge is 2.09. The van der Waals surface area contributed by atoms with Crippen LogP contribution >= 0.6 is 0 Å². The Morgan fingerprint density at radius 3 is 2.38 bits per heavy atom. The summed E-state index contributed by atoms with van der Waals surface area (Å²) in [5, 5.41) is 0. The third-order valence-corrected chi connectivity index (χ3v) is 2.26. The van der Waals surface area contributed by atoms with Crippen molar-refractivity contribution in [3.8, 4) is 0 Å². The minimum atomic E-state index is -0.0527. The van der Waals surface area contributed by atoms with Gasteiger partial charge < -0.3 is 16.6 Å². The molecule has 1 aromatic rings. The van der Waals surface area contributed by atoms with Crippen LogP contribution in [0.2, 0.25) is 0 Å². The van der Waals surface area contributed by atoms with Crippen LogP contribution in [0.25, 0.3) is 0 Å². The van der Waals surface area contributed by atoms with E-state index in [0.717, 1.165) is 24.3 Å². The number of nitrogens with two attached hydrogens (primary N) is 1. The second-order valence-electron chi connectivity index (χ2n) is 4.90. The molecule has 92 valence electrons. The lowest BCUT2D eigenvalue weighted by Crippen LogP contribution is -2.20. The summed E-state index contributed by atoms with van der Waals surface area (Å²) in [4.78, 5) is 0. The average molecular weight is 224 g/mol. The van der Waals surface area contributed by atoms with E-state index in [2.05, 4.69) is 32.9 Å². The second-order valence-corrected chi connectivity index (χ2v) is 4.90. The van der Waals surface area contributed by atoms with E-state index in [-0.39, 0.29) is 11.8 Å². The molecule has 16 heavy (non-hydrogen) atoms. The van der Waals surface area contributed by atoms with Crippen LogP contribution in [0, 0.1) is 6.92 Å². The third kappa shape index (κ3) is 5.14. The van der Waals surface area contributed by atoms with Gasteiger partial charge in [-0.3, -0.25) is 0 Å². The number of benzene rings is 1. The van der Waals surface area contributed by atoms with Crippen LogP contribution in [0.3, 0.4) is 0 Å². The summed E-state index contributed by atoms with van der Waals surface area (Å²) < 4.78 is 5.67. The zero-order valence-electron chi connectivity index (χ0n) is 10.8. The van der Waals surface area contributed by atoms with Gasteiger partial charge in [0.1, 0.15) is 0 Å². The normalized spacial score (nSPS) is 11.0. The van der Waals surface area contributed by atoms with Gasteiger partial charge in [-0.05, 0) is 51.3 Å². The molecule has 0 aromatic heterocycles. The maximum absolute atomic E-state index is 5.76. The minimum absolute atomic E-state index is 0. The molecule has 0 aliphatic carbocycles. The van der Waals surface area contributed by atoms with Gasteiger partial charge in [-0.2, -0.15) is 0 Å². The summed E-state index contributed by atoms with van der Waals surface area (Å²) in [7, 11) is 0. The van der Waals surface area contributed by atoms with Crippen LogP contribution in [-0.4, -0.2) is 12.2 Å². The molecule has 0 fully saturated rings. The van der Waals surface area contributed by atoms with Crippen molar-refractivity contribution in [1.29, 1.82) is 0 Å². The molecule has 0 radical (unpaired) electrons.